The van der Waals surface area contributed by atoms with Crippen LogP contribution in [0.1, 0.15) is 5.56 Å². The molecule has 0 aliphatic rings. The van der Waals surface area contributed by atoms with Crippen molar-refractivity contribution in [2.45, 2.75) is 0 Å². The quantitative estimate of drug-likeness (QED) is 0.696. The summed E-state index contributed by atoms with van der Waals surface area (Å²) in [5.41, 5.74) is 7.78. The van der Waals surface area contributed by atoms with Crippen LogP contribution in [0.4, 0.5) is 4.39 Å². The molecule has 2 aromatic heterocycles. The third-order valence-electron chi connectivity index (χ3n) is 2.77. The van der Waals surface area contributed by atoms with Crippen LogP contribution in [0.2, 0.25) is 0 Å². The molecule has 18 heavy (non-hydrogen) atoms. The summed E-state index contributed by atoms with van der Waals surface area (Å²) in [6, 6.07) is 8.01. The number of furan rings is 1. The van der Waals surface area contributed by atoms with Crippen molar-refractivity contribution >= 4 is 28.1 Å². The Morgan fingerprint density at radius 2 is 2.17 bits per heavy atom. The van der Waals surface area contributed by atoms with E-state index in [1.54, 1.807) is 24.5 Å². The zero-order chi connectivity index (χ0) is 12.7. The molecule has 0 unspecified atom stereocenters. The Kier molecular flexibility index (Phi) is 2.41. The molecule has 0 atom stereocenters. The maximum Gasteiger partial charge on any atom is 0.150 e. The molecule has 0 saturated heterocycles. The van der Waals surface area contributed by atoms with Crippen LogP contribution >= 0.6 is 12.2 Å². The van der Waals surface area contributed by atoms with Crippen LogP contribution in [-0.4, -0.2) is 9.97 Å². The van der Waals surface area contributed by atoms with Crippen LogP contribution in [-0.2, 0) is 0 Å². The Balaban J connectivity index is 2.38. The summed E-state index contributed by atoms with van der Waals surface area (Å²) in [7, 11) is 0. The van der Waals surface area contributed by atoms with Gasteiger partial charge in [0, 0.05) is 16.5 Å². The van der Waals surface area contributed by atoms with Gasteiger partial charge >= 0.3 is 0 Å². The Morgan fingerprint density at radius 3 is 2.83 bits per heavy atom. The van der Waals surface area contributed by atoms with Gasteiger partial charge in [-0.05, 0) is 30.3 Å². The lowest BCUT2D eigenvalue weighted by Crippen LogP contribution is -2.10. The van der Waals surface area contributed by atoms with E-state index in [1.165, 1.54) is 12.1 Å². The van der Waals surface area contributed by atoms with Gasteiger partial charge in [0.15, 0.2) is 5.76 Å². The van der Waals surface area contributed by atoms with Gasteiger partial charge in [-0.2, -0.15) is 0 Å². The highest BCUT2D eigenvalue weighted by Crippen LogP contribution is 2.30. The number of halogens is 1. The Labute approximate surface area is 107 Å². The molecule has 5 heteroatoms. The van der Waals surface area contributed by atoms with Crippen molar-refractivity contribution in [1.82, 2.24) is 4.98 Å². The minimum absolute atomic E-state index is 0.207. The van der Waals surface area contributed by atoms with Gasteiger partial charge in [0.05, 0.1) is 12.0 Å². The van der Waals surface area contributed by atoms with Crippen LogP contribution in [0.25, 0.3) is 22.4 Å². The minimum atomic E-state index is -0.329. The number of thiocarbonyl (C=S) groups is 1. The molecule has 0 amide bonds. The summed E-state index contributed by atoms with van der Waals surface area (Å²) >= 11 is 5.04. The first kappa shape index (κ1) is 11.0. The maximum atomic E-state index is 13.3. The normalized spacial score (nSPS) is 10.9. The van der Waals surface area contributed by atoms with Gasteiger partial charge in [-0.1, -0.05) is 12.2 Å². The highest BCUT2D eigenvalue weighted by molar-refractivity contribution is 7.80. The minimum Gasteiger partial charge on any atom is -0.463 e. The number of hydrogen-bond acceptors (Lipinski definition) is 2. The number of nitrogens with two attached hydrogens (primary N) is 1. The maximum absolute atomic E-state index is 13.3. The summed E-state index contributed by atoms with van der Waals surface area (Å²) in [6.45, 7) is 0. The Bertz CT molecular complexity index is 731. The number of aromatic amines is 1. The number of benzene rings is 1. The van der Waals surface area contributed by atoms with E-state index in [1.807, 2.05) is 0 Å². The van der Waals surface area contributed by atoms with Crippen LogP contribution in [0.3, 0.4) is 0 Å². The molecule has 2 heterocycles. The van der Waals surface area contributed by atoms with Gasteiger partial charge in [-0.15, -0.1) is 0 Å². The smallest absolute Gasteiger partial charge is 0.150 e. The van der Waals surface area contributed by atoms with Crippen LogP contribution in [0.15, 0.2) is 41.0 Å². The zero-order valence-electron chi connectivity index (χ0n) is 9.24. The van der Waals surface area contributed by atoms with E-state index in [4.69, 9.17) is 22.4 Å². The Hall–Kier alpha value is -2.14. The Morgan fingerprint density at radius 1 is 1.33 bits per heavy atom. The van der Waals surface area contributed by atoms with E-state index in [-0.39, 0.29) is 10.8 Å². The van der Waals surface area contributed by atoms with Gasteiger partial charge < -0.3 is 15.1 Å². The molecule has 0 saturated carbocycles. The van der Waals surface area contributed by atoms with Crippen LogP contribution in [0, 0.1) is 5.82 Å². The van der Waals surface area contributed by atoms with Crippen molar-refractivity contribution < 1.29 is 8.81 Å². The SMILES string of the molecule is NC(=S)c1c(-c2ccco2)[nH]c2ccc(F)cc12. The molecule has 3 nitrogen and oxygen atoms in total. The molecule has 0 aliphatic carbocycles. The molecule has 0 bridgehead atoms. The first-order valence-corrected chi connectivity index (χ1v) is 5.72. The topological polar surface area (TPSA) is 54.9 Å². The molecule has 3 rings (SSSR count). The number of aromatic nitrogens is 1. The van der Waals surface area contributed by atoms with Gasteiger partial charge in [-0.3, -0.25) is 0 Å². The van der Waals surface area contributed by atoms with Crippen molar-refractivity contribution in [3.05, 3.63) is 48.0 Å². The highest BCUT2D eigenvalue weighted by atomic mass is 32.1. The van der Waals surface area contributed by atoms with E-state index >= 15 is 0 Å². The molecule has 3 N–H and O–H groups in total. The van der Waals surface area contributed by atoms with Crippen molar-refractivity contribution in [1.29, 1.82) is 0 Å². The second-order valence-electron chi connectivity index (χ2n) is 3.91. The molecule has 0 fully saturated rings. The van der Waals surface area contributed by atoms with Gasteiger partial charge in [0.25, 0.3) is 0 Å². The van der Waals surface area contributed by atoms with Crippen molar-refractivity contribution in [2.24, 2.45) is 5.73 Å². The van der Waals surface area contributed by atoms with Gasteiger partial charge in [-0.25, -0.2) is 4.39 Å². The predicted molar refractivity (Wildman–Crippen MR) is 71.8 cm³/mol. The van der Waals surface area contributed by atoms with E-state index in [2.05, 4.69) is 4.98 Å². The lowest BCUT2D eigenvalue weighted by Gasteiger charge is -1.99. The number of rotatable bonds is 2. The fraction of sp³-hybridized carbons (Fsp3) is 0. The number of nitrogens with one attached hydrogen (secondary N) is 1. The van der Waals surface area contributed by atoms with E-state index in [0.717, 1.165) is 5.52 Å². The van der Waals surface area contributed by atoms with Crippen LogP contribution in [0.5, 0.6) is 0 Å². The molecular formula is C13H9FN2OS. The van der Waals surface area contributed by atoms with Gasteiger partial charge in [0.1, 0.15) is 10.8 Å². The fourth-order valence-electron chi connectivity index (χ4n) is 2.03. The summed E-state index contributed by atoms with van der Waals surface area (Å²) in [4.78, 5) is 3.35. The molecular weight excluding hydrogens is 251 g/mol. The molecule has 90 valence electrons. The second kappa shape index (κ2) is 3.96. The molecule has 0 aliphatic heterocycles. The average Bonchev–Trinajstić information content (AvgIpc) is 2.94. The summed E-state index contributed by atoms with van der Waals surface area (Å²) in [5.74, 6) is 0.291. The molecule has 3 aromatic rings. The second-order valence-corrected chi connectivity index (χ2v) is 4.35. The predicted octanol–water partition coefficient (Wildman–Crippen LogP) is 3.20. The standard InChI is InChI=1S/C13H9FN2OS/c14-7-3-4-9-8(6-7)11(13(15)18)12(16-9)10-2-1-5-17-10/h1-6,16H,(H2,15,18). The average molecular weight is 260 g/mol. The first-order chi connectivity index (χ1) is 8.66. The largest absolute Gasteiger partial charge is 0.463 e. The zero-order valence-corrected chi connectivity index (χ0v) is 10.1. The summed E-state index contributed by atoms with van der Waals surface area (Å²) < 4.78 is 18.6. The first-order valence-electron chi connectivity index (χ1n) is 5.31. The monoisotopic (exact) mass is 260 g/mol. The molecule has 0 spiro atoms. The van der Waals surface area contributed by atoms with E-state index in [9.17, 15) is 4.39 Å². The van der Waals surface area contributed by atoms with Crippen molar-refractivity contribution in [3.8, 4) is 11.5 Å². The van der Waals surface area contributed by atoms with Crippen molar-refractivity contribution in [3.63, 3.8) is 0 Å². The van der Waals surface area contributed by atoms with Gasteiger partial charge in [0.2, 0.25) is 0 Å². The van der Waals surface area contributed by atoms with Crippen LogP contribution < -0.4 is 5.73 Å². The fourth-order valence-corrected chi connectivity index (χ4v) is 2.24. The third kappa shape index (κ3) is 1.60. The summed E-state index contributed by atoms with van der Waals surface area (Å²) in [5, 5.41) is 0.661. The third-order valence-corrected chi connectivity index (χ3v) is 2.98. The number of hydrogen-bond donors (Lipinski definition) is 2. The van der Waals surface area contributed by atoms with Crippen molar-refractivity contribution in [2.75, 3.05) is 0 Å². The number of fused-ring (bicyclic) bond motifs is 1. The number of H-pyrrole nitrogens is 1. The molecule has 1 aromatic carbocycles. The molecule has 0 radical (unpaired) electrons. The summed E-state index contributed by atoms with van der Waals surface area (Å²) in [6.07, 6.45) is 1.56. The highest BCUT2D eigenvalue weighted by Gasteiger charge is 2.17. The lowest BCUT2D eigenvalue weighted by molar-refractivity contribution is 0.580. The van der Waals surface area contributed by atoms with E-state index < -0.39 is 0 Å². The lowest BCUT2D eigenvalue weighted by atomic mass is 10.1. The van der Waals surface area contributed by atoms with E-state index in [0.29, 0.717) is 22.4 Å².